The Morgan fingerprint density at radius 3 is 2.62 bits per heavy atom. The van der Waals surface area contributed by atoms with Crippen LogP contribution in [0, 0.1) is 12.8 Å². The molecule has 6 nitrogen and oxygen atoms in total. The highest BCUT2D eigenvalue weighted by molar-refractivity contribution is 5.92. The molecule has 0 atom stereocenters. The number of hydrogen-bond acceptors (Lipinski definition) is 3. The molecule has 1 saturated heterocycles. The van der Waals surface area contributed by atoms with Crippen LogP contribution in [0.1, 0.15) is 42.4 Å². The van der Waals surface area contributed by atoms with Gasteiger partial charge in [0, 0.05) is 49.8 Å². The van der Waals surface area contributed by atoms with Gasteiger partial charge in [0.15, 0.2) is 0 Å². The molecule has 4 rings (SSSR count). The lowest BCUT2D eigenvalue weighted by Crippen LogP contribution is -2.39. The van der Waals surface area contributed by atoms with Crippen LogP contribution in [0.25, 0.3) is 11.4 Å². The van der Waals surface area contributed by atoms with Crippen LogP contribution in [-0.4, -0.2) is 43.2 Å². The quantitative estimate of drug-likeness (QED) is 0.638. The first-order chi connectivity index (χ1) is 14.2. The molecule has 6 heteroatoms. The Balaban J connectivity index is 1.34. The summed E-state index contributed by atoms with van der Waals surface area (Å²) in [5.74, 6) is 1.80. The summed E-state index contributed by atoms with van der Waals surface area (Å²) in [6.45, 7) is 7.48. The van der Waals surface area contributed by atoms with Crippen molar-refractivity contribution in [2.24, 2.45) is 5.92 Å². The van der Waals surface area contributed by atoms with E-state index in [-0.39, 0.29) is 5.91 Å². The maximum Gasteiger partial charge on any atom is 0.272 e. The van der Waals surface area contributed by atoms with Crippen LogP contribution < -0.4 is 0 Å². The van der Waals surface area contributed by atoms with Gasteiger partial charge in [0.2, 0.25) is 0 Å². The van der Waals surface area contributed by atoms with Crippen molar-refractivity contribution >= 4 is 5.91 Å². The van der Waals surface area contributed by atoms with Gasteiger partial charge in [0.1, 0.15) is 11.5 Å². The molecule has 0 spiro atoms. The van der Waals surface area contributed by atoms with Crippen LogP contribution in [0.5, 0.6) is 0 Å². The van der Waals surface area contributed by atoms with E-state index in [4.69, 9.17) is 0 Å². The number of carbonyl (C=O) groups excluding carboxylic acids is 1. The third kappa shape index (κ3) is 4.11. The lowest BCUT2D eigenvalue weighted by Gasteiger charge is -2.32. The maximum atomic E-state index is 12.8. The molecule has 0 N–H and O–H groups in total. The normalized spacial score (nSPS) is 15.0. The highest BCUT2D eigenvalue weighted by Gasteiger charge is 2.25. The topological polar surface area (TPSA) is 56.0 Å². The van der Waals surface area contributed by atoms with Gasteiger partial charge in [-0.05, 0) is 45.1 Å². The van der Waals surface area contributed by atoms with Crippen molar-refractivity contribution < 1.29 is 4.79 Å². The predicted molar refractivity (Wildman–Crippen MR) is 114 cm³/mol. The van der Waals surface area contributed by atoms with Crippen LogP contribution >= 0.6 is 0 Å². The average Bonchev–Trinajstić information content (AvgIpc) is 3.39. The molecule has 29 heavy (non-hydrogen) atoms. The molecule has 0 bridgehead atoms. The molecule has 3 heterocycles. The number of aryl methyl sites for hydroxylation is 2. The Labute approximate surface area is 172 Å². The highest BCUT2D eigenvalue weighted by Crippen LogP contribution is 2.25. The van der Waals surface area contributed by atoms with Gasteiger partial charge in [-0.3, -0.25) is 9.48 Å². The molecule has 1 aromatic carbocycles. The van der Waals surface area contributed by atoms with Crippen molar-refractivity contribution in [1.29, 1.82) is 0 Å². The number of carbonyl (C=O) groups is 1. The second-order valence-corrected chi connectivity index (χ2v) is 7.80. The van der Waals surface area contributed by atoms with Crippen molar-refractivity contribution in [3.05, 3.63) is 60.2 Å². The summed E-state index contributed by atoms with van der Waals surface area (Å²) in [7, 11) is 0. The Morgan fingerprint density at radius 2 is 1.90 bits per heavy atom. The molecule has 1 amide bonds. The van der Waals surface area contributed by atoms with E-state index in [1.165, 1.54) is 5.69 Å². The smallest absolute Gasteiger partial charge is 0.272 e. The first-order valence-electron chi connectivity index (χ1n) is 10.6. The Bertz CT molecular complexity index is 951. The van der Waals surface area contributed by atoms with Crippen LogP contribution in [0.4, 0.5) is 0 Å². The summed E-state index contributed by atoms with van der Waals surface area (Å²) in [4.78, 5) is 19.4. The van der Waals surface area contributed by atoms with E-state index in [9.17, 15) is 4.79 Å². The van der Waals surface area contributed by atoms with E-state index < -0.39 is 0 Å². The van der Waals surface area contributed by atoms with Crippen molar-refractivity contribution in [2.45, 2.75) is 46.2 Å². The van der Waals surface area contributed by atoms with E-state index in [1.807, 2.05) is 30.2 Å². The molecule has 0 aliphatic carbocycles. The van der Waals surface area contributed by atoms with Crippen molar-refractivity contribution in [3.8, 4) is 11.4 Å². The highest BCUT2D eigenvalue weighted by atomic mass is 16.2. The molecule has 1 aliphatic rings. The summed E-state index contributed by atoms with van der Waals surface area (Å²) in [6, 6.07) is 12.2. The molecule has 3 aromatic rings. The SMILES string of the molecule is CCn1nccc1C(=O)N1CCC(CCn2c(C)cnc2-c2ccccc2)CC1. The molecule has 1 aliphatic heterocycles. The number of imidazole rings is 1. The van der Waals surface area contributed by atoms with Crippen LogP contribution in [0.3, 0.4) is 0 Å². The minimum absolute atomic E-state index is 0.111. The number of benzene rings is 1. The largest absolute Gasteiger partial charge is 0.337 e. The van der Waals surface area contributed by atoms with E-state index in [1.54, 1.807) is 10.9 Å². The van der Waals surface area contributed by atoms with Crippen LogP contribution in [0.15, 0.2) is 48.8 Å². The molecular formula is C23H29N5O. The Morgan fingerprint density at radius 1 is 1.14 bits per heavy atom. The second-order valence-electron chi connectivity index (χ2n) is 7.80. The average molecular weight is 392 g/mol. The zero-order valence-electron chi connectivity index (χ0n) is 17.3. The minimum atomic E-state index is 0.111. The van der Waals surface area contributed by atoms with Gasteiger partial charge in [0.05, 0.1) is 0 Å². The summed E-state index contributed by atoms with van der Waals surface area (Å²) in [5.41, 5.74) is 3.06. The maximum absolute atomic E-state index is 12.8. The van der Waals surface area contributed by atoms with Gasteiger partial charge < -0.3 is 9.47 Å². The summed E-state index contributed by atoms with van der Waals surface area (Å²) < 4.78 is 4.11. The van der Waals surface area contributed by atoms with Crippen LogP contribution in [-0.2, 0) is 13.1 Å². The van der Waals surface area contributed by atoms with Gasteiger partial charge in [-0.15, -0.1) is 0 Å². The molecule has 0 saturated carbocycles. The van der Waals surface area contributed by atoms with Gasteiger partial charge >= 0.3 is 0 Å². The van der Waals surface area contributed by atoms with Crippen molar-refractivity contribution in [2.75, 3.05) is 13.1 Å². The molecule has 152 valence electrons. The first-order valence-corrected chi connectivity index (χ1v) is 10.6. The molecule has 1 fully saturated rings. The number of piperidine rings is 1. The number of rotatable bonds is 6. The van der Waals surface area contributed by atoms with E-state index >= 15 is 0 Å². The Kier molecular flexibility index (Phi) is 5.79. The van der Waals surface area contributed by atoms with Gasteiger partial charge in [-0.2, -0.15) is 5.10 Å². The van der Waals surface area contributed by atoms with E-state index in [2.05, 4.69) is 45.8 Å². The van der Waals surface area contributed by atoms with Crippen molar-refractivity contribution in [3.63, 3.8) is 0 Å². The van der Waals surface area contributed by atoms with Gasteiger partial charge in [-0.1, -0.05) is 30.3 Å². The number of nitrogens with zero attached hydrogens (tertiary/aromatic N) is 5. The molecule has 2 aromatic heterocycles. The number of hydrogen-bond donors (Lipinski definition) is 0. The number of likely N-dealkylation sites (tertiary alicyclic amines) is 1. The zero-order valence-corrected chi connectivity index (χ0v) is 17.3. The molecule has 0 unspecified atom stereocenters. The summed E-state index contributed by atoms with van der Waals surface area (Å²) in [5, 5.41) is 4.23. The first kappa shape index (κ1) is 19.4. The fourth-order valence-corrected chi connectivity index (χ4v) is 4.23. The fourth-order valence-electron chi connectivity index (χ4n) is 4.23. The zero-order chi connectivity index (χ0) is 20.2. The lowest BCUT2D eigenvalue weighted by atomic mass is 9.93. The summed E-state index contributed by atoms with van der Waals surface area (Å²) >= 11 is 0. The fraction of sp³-hybridized carbons (Fsp3) is 0.435. The third-order valence-electron chi connectivity index (χ3n) is 5.98. The van der Waals surface area contributed by atoms with Crippen molar-refractivity contribution in [1.82, 2.24) is 24.2 Å². The van der Waals surface area contributed by atoms with Gasteiger partial charge in [-0.25, -0.2) is 4.98 Å². The number of amides is 1. The Hall–Kier alpha value is -2.89. The lowest BCUT2D eigenvalue weighted by molar-refractivity contribution is 0.0672. The van der Waals surface area contributed by atoms with E-state index in [0.29, 0.717) is 11.6 Å². The summed E-state index contributed by atoms with van der Waals surface area (Å²) in [6.07, 6.45) is 6.90. The second kappa shape index (κ2) is 8.64. The molecular weight excluding hydrogens is 362 g/mol. The molecule has 0 radical (unpaired) electrons. The predicted octanol–water partition coefficient (Wildman–Crippen LogP) is 4.02. The van der Waals surface area contributed by atoms with Crippen LogP contribution in [0.2, 0.25) is 0 Å². The minimum Gasteiger partial charge on any atom is -0.337 e. The van der Waals surface area contributed by atoms with E-state index in [0.717, 1.165) is 56.8 Å². The van der Waals surface area contributed by atoms with Gasteiger partial charge in [0.25, 0.3) is 5.91 Å². The monoisotopic (exact) mass is 391 g/mol. The third-order valence-corrected chi connectivity index (χ3v) is 5.98. The standard InChI is InChI=1S/C23H29N5O/c1-3-28-21(9-13-25-28)23(29)26-14-10-19(11-15-26)12-16-27-18(2)17-24-22(27)20-7-5-4-6-8-20/h4-9,13,17,19H,3,10-12,14-16H2,1-2H3. The number of aromatic nitrogens is 4.